The van der Waals surface area contributed by atoms with Crippen molar-refractivity contribution in [1.29, 1.82) is 0 Å². The molecule has 98 valence electrons. The molecule has 1 aromatic carbocycles. The van der Waals surface area contributed by atoms with Crippen molar-refractivity contribution in [3.63, 3.8) is 0 Å². The van der Waals surface area contributed by atoms with Gasteiger partial charge in [-0.3, -0.25) is 9.69 Å². The number of piperidine rings is 1. The van der Waals surface area contributed by atoms with Crippen molar-refractivity contribution in [2.75, 3.05) is 18.4 Å². The number of amides is 1. The van der Waals surface area contributed by atoms with Crippen LogP contribution in [-0.2, 0) is 4.79 Å². The summed E-state index contributed by atoms with van der Waals surface area (Å²) in [7, 11) is 0. The number of hydrogen-bond donors (Lipinski definition) is 1. The molecule has 4 heteroatoms. The van der Waals surface area contributed by atoms with E-state index in [0.29, 0.717) is 0 Å². The molecule has 0 spiro atoms. The molecule has 1 heterocycles. The van der Waals surface area contributed by atoms with Gasteiger partial charge in [-0.15, -0.1) is 0 Å². The van der Waals surface area contributed by atoms with Gasteiger partial charge < -0.3 is 5.32 Å². The number of carbonyl (C=O) groups is 1. The zero-order valence-electron chi connectivity index (χ0n) is 10.7. The Balaban J connectivity index is 2.00. The van der Waals surface area contributed by atoms with Gasteiger partial charge in [-0.25, -0.2) is 0 Å². The fourth-order valence-electron chi connectivity index (χ4n) is 2.43. The summed E-state index contributed by atoms with van der Waals surface area (Å²) in [5, 5.41) is 3.00. The predicted molar refractivity (Wildman–Crippen MR) is 77.7 cm³/mol. The van der Waals surface area contributed by atoms with Gasteiger partial charge in [0.2, 0.25) is 5.91 Å². The molecule has 1 N–H and O–H groups in total. The standard InChI is InChI=1S/C14H19BrN2O/c1-2-17-10-4-3-5-13(17)14(18)16-12-8-6-11(15)7-9-12/h6-9,13H,2-5,10H2,1H3,(H,16,18). The van der Waals surface area contributed by atoms with Crippen LogP contribution in [0.15, 0.2) is 28.7 Å². The van der Waals surface area contributed by atoms with Crippen LogP contribution in [0.2, 0.25) is 0 Å². The zero-order chi connectivity index (χ0) is 13.0. The van der Waals surface area contributed by atoms with Crippen molar-refractivity contribution >= 4 is 27.5 Å². The predicted octanol–water partition coefficient (Wildman–Crippen LogP) is 3.26. The number of anilines is 1. The quantitative estimate of drug-likeness (QED) is 0.929. The van der Waals surface area contributed by atoms with Crippen LogP contribution in [0.4, 0.5) is 5.69 Å². The van der Waals surface area contributed by atoms with E-state index in [-0.39, 0.29) is 11.9 Å². The van der Waals surface area contributed by atoms with Crippen LogP contribution in [0.1, 0.15) is 26.2 Å². The van der Waals surface area contributed by atoms with E-state index in [1.807, 2.05) is 24.3 Å². The van der Waals surface area contributed by atoms with Gasteiger partial charge in [0.1, 0.15) is 0 Å². The van der Waals surface area contributed by atoms with Crippen LogP contribution in [0.3, 0.4) is 0 Å². The summed E-state index contributed by atoms with van der Waals surface area (Å²) in [5.74, 6) is 0.124. The summed E-state index contributed by atoms with van der Waals surface area (Å²) in [6.45, 7) is 4.10. The topological polar surface area (TPSA) is 32.3 Å². The van der Waals surface area contributed by atoms with Crippen molar-refractivity contribution in [2.24, 2.45) is 0 Å². The fraction of sp³-hybridized carbons (Fsp3) is 0.500. The summed E-state index contributed by atoms with van der Waals surface area (Å²) >= 11 is 3.39. The minimum Gasteiger partial charge on any atom is -0.325 e. The molecule has 0 bridgehead atoms. The fourth-order valence-corrected chi connectivity index (χ4v) is 2.69. The lowest BCUT2D eigenvalue weighted by Crippen LogP contribution is -2.46. The van der Waals surface area contributed by atoms with Crippen molar-refractivity contribution in [1.82, 2.24) is 4.90 Å². The summed E-state index contributed by atoms with van der Waals surface area (Å²) in [4.78, 5) is 14.5. The number of hydrogen-bond acceptors (Lipinski definition) is 2. The van der Waals surface area contributed by atoms with Crippen molar-refractivity contribution in [2.45, 2.75) is 32.2 Å². The molecule has 1 aliphatic rings. The van der Waals surface area contributed by atoms with E-state index in [9.17, 15) is 4.79 Å². The zero-order valence-corrected chi connectivity index (χ0v) is 12.2. The number of nitrogens with zero attached hydrogens (tertiary/aromatic N) is 1. The lowest BCUT2D eigenvalue weighted by Gasteiger charge is -2.33. The molecule has 1 fully saturated rings. The monoisotopic (exact) mass is 310 g/mol. The van der Waals surface area contributed by atoms with E-state index in [0.717, 1.165) is 36.1 Å². The average molecular weight is 311 g/mol. The van der Waals surface area contributed by atoms with Gasteiger partial charge in [0.25, 0.3) is 0 Å². The van der Waals surface area contributed by atoms with Crippen molar-refractivity contribution in [3.05, 3.63) is 28.7 Å². The van der Waals surface area contributed by atoms with Crippen LogP contribution in [0.25, 0.3) is 0 Å². The van der Waals surface area contributed by atoms with Crippen LogP contribution in [0, 0.1) is 0 Å². The summed E-state index contributed by atoms with van der Waals surface area (Å²) < 4.78 is 1.02. The van der Waals surface area contributed by atoms with Crippen LogP contribution in [-0.4, -0.2) is 29.9 Å². The van der Waals surface area contributed by atoms with Gasteiger partial charge in [0, 0.05) is 10.2 Å². The highest BCUT2D eigenvalue weighted by Crippen LogP contribution is 2.19. The molecular weight excluding hydrogens is 292 g/mol. The lowest BCUT2D eigenvalue weighted by atomic mass is 10.0. The van der Waals surface area contributed by atoms with E-state index in [1.54, 1.807) is 0 Å². The maximum atomic E-state index is 12.3. The second-order valence-electron chi connectivity index (χ2n) is 4.64. The van der Waals surface area contributed by atoms with Crippen molar-refractivity contribution < 1.29 is 4.79 Å². The first kappa shape index (κ1) is 13.6. The number of benzene rings is 1. The van der Waals surface area contributed by atoms with Gasteiger partial charge in [-0.1, -0.05) is 29.3 Å². The molecule has 1 aliphatic heterocycles. The highest BCUT2D eigenvalue weighted by atomic mass is 79.9. The molecule has 2 rings (SSSR count). The van der Waals surface area contributed by atoms with Crippen LogP contribution < -0.4 is 5.32 Å². The van der Waals surface area contributed by atoms with E-state index in [2.05, 4.69) is 33.1 Å². The first-order chi connectivity index (χ1) is 8.70. The molecular formula is C14H19BrN2O. The third-order valence-electron chi connectivity index (χ3n) is 3.43. The largest absolute Gasteiger partial charge is 0.325 e. The summed E-state index contributed by atoms with van der Waals surface area (Å²) in [6.07, 6.45) is 3.32. The number of likely N-dealkylation sites (N-methyl/N-ethyl adjacent to an activating group) is 1. The molecule has 3 nitrogen and oxygen atoms in total. The molecule has 1 amide bonds. The SMILES string of the molecule is CCN1CCCCC1C(=O)Nc1ccc(Br)cc1. The number of likely N-dealkylation sites (tertiary alicyclic amines) is 1. The Morgan fingerprint density at radius 3 is 2.78 bits per heavy atom. The van der Waals surface area contributed by atoms with Gasteiger partial charge in [0.15, 0.2) is 0 Å². The normalized spacial score (nSPS) is 20.7. The lowest BCUT2D eigenvalue weighted by molar-refractivity contribution is -0.122. The Morgan fingerprint density at radius 2 is 2.11 bits per heavy atom. The Kier molecular flexibility index (Phi) is 4.78. The minimum atomic E-state index is 0.0346. The molecule has 0 aliphatic carbocycles. The number of rotatable bonds is 3. The Bertz CT molecular complexity index is 405. The average Bonchev–Trinajstić information content (AvgIpc) is 2.41. The molecule has 1 saturated heterocycles. The van der Waals surface area contributed by atoms with Gasteiger partial charge in [0.05, 0.1) is 6.04 Å². The molecule has 0 radical (unpaired) electrons. The first-order valence-corrected chi connectivity index (χ1v) is 7.30. The van der Waals surface area contributed by atoms with Gasteiger partial charge in [-0.2, -0.15) is 0 Å². The third-order valence-corrected chi connectivity index (χ3v) is 3.96. The van der Waals surface area contributed by atoms with E-state index in [1.165, 1.54) is 6.42 Å². The molecule has 18 heavy (non-hydrogen) atoms. The number of halogens is 1. The second kappa shape index (κ2) is 6.34. The molecule has 1 aromatic rings. The van der Waals surface area contributed by atoms with Crippen LogP contribution >= 0.6 is 15.9 Å². The summed E-state index contributed by atoms with van der Waals surface area (Å²) in [5.41, 5.74) is 0.866. The van der Waals surface area contributed by atoms with Crippen molar-refractivity contribution in [3.8, 4) is 0 Å². The highest BCUT2D eigenvalue weighted by Gasteiger charge is 2.27. The number of nitrogens with one attached hydrogen (secondary N) is 1. The smallest absolute Gasteiger partial charge is 0.241 e. The van der Waals surface area contributed by atoms with E-state index in [4.69, 9.17) is 0 Å². The third kappa shape index (κ3) is 3.33. The minimum absolute atomic E-state index is 0.0346. The van der Waals surface area contributed by atoms with E-state index >= 15 is 0 Å². The first-order valence-electron chi connectivity index (χ1n) is 6.51. The highest BCUT2D eigenvalue weighted by molar-refractivity contribution is 9.10. The maximum absolute atomic E-state index is 12.3. The van der Waals surface area contributed by atoms with Gasteiger partial charge in [-0.05, 0) is 50.2 Å². The second-order valence-corrected chi connectivity index (χ2v) is 5.55. The number of carbonyl (C=O) groups excluding carboxylic acids is 1. The Hall–Kier alpha value is -0.870. The Morgan fingerprint density at radius 1 is 1.39 bits per heavy atom. The van der Waals surface area contributed by atoms with Gasteiger partial charge >= 0.3 is 0 Å². The molecule has 1 unspecified atom stereocenters. The summed E-state index contributed by atoms with van der Waals surface area (Å²) in [6, 6.07) is 7.75. The molecule has 1 atom stereocenters. The van der Waals surface area contributed by atoms with E-state index < -0.39 is 0 Å². The maximum Gasteiger partial charge on any atom is 0.241 e. The Labute approximate surface area is 117 Å². The van der Waals surface area contributed by atoms with Crippen LogP contribution in [0.5, 0.6) is 0 Å². The molecule has 0 aromatic heterocycles. The molecule has 0 saturated carbocycles.